The standard InChI is InChI=1S/C17H19NOS2/c1-2-20-16-11-7-6-10-15(16)17(19)18-12-13-21-14-8-4-3-5-9-14/h3-11H,2,12-13H2,1H3,(H,18,19). The summed E-state index contributed by atoms with van der Waals surface area (Å²) in [7, 11) is 0. The Hall–Kier alpha value is -1.39. The molecule has 0 heterocycles. The van der Waals surface area contributed by atoms with E-state index in [1.54, 1.807) is 23.5 Å². The zero-order valence-electron chi connectivity index (χ0n) is 12.0. The van der Waals surface area contributed by atoms with Crippen LogP contribution in [0.2, 0.25) is 0 Å². The van der Waals surface area contributed by atoms with Crippen LogP contribution in [0.25, 0.3) is 0 Å². The number of carbonyl (C=O) groups excluding carboxylic acids is 1. The van der Waals surface area contributed by atoms with Crippen molar-refractivity contribution in [1.29, 1.82) is 0 Å². The molecule has 0 radical (unpaired) electrons. The molecule has 1 amide bonds. The predicted molar refractivity (Wildman–Crippen MR) is 92.3 cm³/mol. The molecular formula is C17H19NOS2. The van der Waals surface area contributed by atoms with Gasteiger partial charge in [0, 0.05) is 22.1 Å². The maximum absolute atomic E-state index is 12.2. The molecule has 2 nitrogen and oxygen atoms in total. The Labute approximate surface area is 134 Å². The van der Waals surface area contributed by atoms with Crippen molar-refractivity contribution in [3.05, 3.63) is 60.2 Å². The Balaban J connectivity index is 1.82. The molecule has 0 unspecified atom stereocenters. The molecule has 0 saturated heterocycles. The monoisotopic (exact) mass is 317 g/mol. The SMILES string of the molecule is CCSc1ccccc1C(=O)NCCSc1ccccc1. The van der Waals surface area contributed by atoms with Gasteiger partial charge in [-0.05, 0) is 30.0 Å². The van der Waals surface area contributed by atoms with Crippen LogP contribution in [0.15, 0.2) is 64.4 Å². The largest absolute Gasteiger partial charge is 0.351 e. The zero-order chi connectivity index (χ0) is 14.9. The van der Waals surface area contributed by atoms with Gasteiger partial charge in [-0.25, -0.2) is 0 Å². The van der Waals surface area contributed by atoms with E-state index in [0.717, 1.165) is 22.0 Å². The summed E-state index contributed by atoms with van der Waals surface area (Å²) in [5.74, 6) is 1.85. The minimum absolute atomic E-state index is 0.0141. The minimum Gasteiger partial charge on any atom is -0.351 e. The number of amides is 1. The highest BCUT2D eigenvalue weighted by atomic mass is 32.2. The summed E-state index contributed by atoms with van der Waals surface area (Å²) >= 11 is 3.45. The van der Waals surface area contributed by atoms with Gasteiger partial charge in [-0.1, -0.05) is 37.3 Å². The number of nitrogens with one attached hydrogen (secondary N) is 1. The van der Waals surface area contributed by atoms with Gasteiger partial charge in [-0.3, -0.25) is 4.79 Å². The van der Waals surface area contributed by atoms with Crippen LogP contribution < -0.4 is 5.32 Å². The second kappa shape index (κ2) is 8.80. The van der Waals surface area contributed by atoms with Gasteiger partial charge in [0.05, 0.1) is 5.56 Å². The fourth-order valence-corrected chi connectivity index (χ4v) is 3.47. The molecule has 21 heavy (non-hydrogen) atoms. The molecule has 1 N–H and O–H groups in total. The smallest absolute Gasteiger partial charge is 0.252 e. The van der Waals surface area contributed by atoms with Crippen molar-refractivity contribution in [3.8, 4) is 0 Å². The highest BCUT2D eigenvalue weighted by Crippen LogP contribution is 2.22. The van der Waals surface area contributed by atoms with Gasteiger partial charge < -0.3 is 5.32 Å². The van der Waals surface area contributed by atoms with Gasteiger partial charge in [-0.15, -0.1) is 23.5 Å². The fraction of sp³-hybridized carbons (Fsp3) is 0.235. The summed E-state index contributed by atoms with van der Waals surface area (Å²) in [4.78, 5) is 14.5. The first kappa shape index (κ1) is 16.0. The summed E-state index contributed by atoms with van der Waals surface area (Å²) in [6.07, 6.45) is 0. The lowest BCUT2D eigenvalue weighted by molar-refractivity contribution is 0.0953. The molecule has 0 aliphatic carbocycles. The second-order valence-corrected chi connectivity index (χ2v) is 6.82. The molecule has 0 bridgehead atoms. The highest BCUT2D eigenvalue weighted by molar-refractivity contribution is 7.99. The average molecular weight is 317 g/mol. The average Bonchev–Trinajstić information content (AvgIpc) is 2.53. The first-order chi connectivity index (χ1) is 10.3. The third kappa shape index (κ3) is 5.14. The predicted octanol–water partition coefficient (Wildman–Crippen LogP) is 4.32. The van der Waals surface area contributed by atoms with E-state index in [-0.39, 0.29) is 5.91 Å². The lowest BCUT2D eigenvalue weighted by Crippen LogP contribution is -2.26. The van der Waals surface area contributed by atoms with Crippen LogP contribution in [0.4, 0.5) is 0 Å². The third-order valence-corrected chi connectivity index (χ3v) is 4.80. The van der Waals surface area contributed by atoms with E-state index in [4.69, 9.17) is 0 Å². The molecule has 0 atom stereocenters. The van der Waals surface area contributed by atoms with Gasteiger partial charge in [0.15, 0.2) is 0 Å². The van der Waals surface area contributed by atoms with Gasteiger partial charge >= 0.3 is 0 Å². The summed E-state index contributed by atoms with van der Waals surface area (Å²) in [6.45, 7) is 2.76. The van der Waals surface area contributed by atoms with Crippen molar-refractivity contribution in [1.82, 2.24) is 5.32 Å². The summed E-state index contributed by atoms with van der Waals surface area (Å²) < 4.78 is 0. The zero-order valence-corrected chi connectivity index (χ0v) is 13.7. The van der Waals surface area contributed by atoms with Crippen LogP contribution >= 0.6 is 23.5 Å². The fourth-order valence-electron chi connectivity index (χ4n) is 1.88. The van der Waals surface area contributed by atoms with Crippen LogP contribution in [0.5, 0.6) is 0 Å². The Morgan fingerprint density at radius 2 is 1.71 bits per heavy atom. The first-order valence-corrected chi connectivity index (χ1v) is 8.96. The van der Waals surface area contributed by atoms with E-state index in [2.05, 4.69) is 24.4 Å². The number of hydrogen-bond donors (Lipinski definition) is 1. The van der Waals surface area contributed by atoms with Crippen molar-refractivity contribution < 1.29 is 4.79 Å². The minimum atomic E-state index is 0.0141. The molecule has 0 aliphatic heterocycles. The molecule has 0 saturated carbocycles. The lowest BCUT2D eigenvalue weighted by Gasteiger charge is -2.09. The summed E-state index contributed by atoms with van der Waals surface area (Å²) in [5, 5.41) is 2.99. The van der Waals surface area contributed by atoms with Crippen LogP contribution in [0.3, 0.4) is 0 Å². The Morgan fingerprint density at radius 3 is 2.48 bits per heavy atom. The molecule has 2 aromatic carbocycles. The molecule has 110 valence electrons. The molecule has 2 aromatic rings. The van der Waals surface area contributed by atoms with E-state index < -0.39 is 0 Å². The van der Waals surface area contributed by atoms with Gasteiger partial charge in [0.1, 0.15) is 0 Å². The quantitative estimate of drug-likeness (QED) is 0.609. The second-order valence-electron chi connectivity index (χ2n) is 4.35. The number of hydrogen-bond acceptors (Lipinski definition) is 3. The molecule has 0 aliphatic rings. The van der Waals surface area contributed by atoms with Gasteiger partial charge in [-0.2, -0.15) is 0 Å². The van der Waals surface area contributed by atoms with Crippen molar-refractivity contribution >= 4 is 29.4 Å². The van der Waals surface area contributed by atoms with Crippen LogP contribution in [0, 0.1) is 0 Å². The number of benzene rings is 2. The van der Waals surface area contributed by atoms with E-state index in [1.165, 1.54) is 4.90 Å². The van der Waals surface area contributed by atoms with Crippen molar-refractivity contribution in [3.63, 3.8) is 0 Å². The van der Waals surface area contributed by atoms with Crippen LogP contribution in [-0.4, -0.2) is 24.0 Å². The highest BCUT2D eigenvalue weighted by Gasteiger charge is 2.09. The summed E-state index contributed by atoms with van der Waals surface area (Å²) in [6, 6.07) is 18.0. The van der Waals surface area contributed by atoms with Crippen molar-refractivity contribution in [2.45, 2.75) is 16.7 Å². The molecule has 0 spiro atoms. The van der Waals surface area contributed by atoms with E-state index in [1.807, 2.05) is 42.5 Å². The number of carbonyl (C=O) groups is 1. The van der Waals surface area contributed by atoms with E-state index in [9.17, 15) is 4.79 Å². The molecule has 0 aromatic heterocycles. The van der Waals surface area contributed by atoms with Crippen molar-refractivity contribution in [2.75, 3.05) is 18.1 Å². The molecule has 0 fully saturated rings. The molecular weight excluding hydrogens is 298 g/mol. The topological polar surface area (TPSA) is 29.1 Å². The van der Waals surface area contributed by atoms with Gasteiger partial charge in [0.25, 0.3) is 5.91 Å². The third-order valence-electron chi connectivity index (χ3n) is 2.83. The summed E-state index contributed by atoms with van der Waals surface area (Å²) in [5.41, 5.74) is 0.772. The Kier molecular flexibility index (Phi) is 6.70. The van der Waals surface area contributed by atoms with Crippen LogP contribution in [0.1, 0.15) is 17.3 Å². The number of thioether (sulfide) groups is 2. The van der Waals surface area contributed by atoms with Gasteiger partial charge in [0.2, 0.25) is 0 Å². The van der Waals surface area contributed by atoms with E-state index in [0.29, 0.717) is 6.54 Å². The first-order valence-electron chi connectivity index (χ1n) is 6.99. The van der Waals surface area contributed by atoms with E-state index >= 15 is 0 Å². The molecule has 4 heteroatoms. The maximum atomic E-state index is 12.2. The maximum Gasteiger partial charge on any atom is 0.252 e. The Bertz CT molecular complexity index is 572. The number of rotatable bonds is 7. The van der Waals surface area contributed by atoms with Crippen molar-refractivity contribution in [2.24, 2.45) is 0 Å². The molecule has 2 rings (SSSR count). The van der Waals surface area contributed by atoms with Crippen LogP contribution in [-0.2, 0) is 0 Å². The normalized spacial score (nSPS) is 10.3. The Morgan fingerprint density at radius 1 is 1.00 bits per heavy atom. The lowest BCUT2D eigenvalue weighted by atomic mass is 10.2.